The Labute approximate surface area is 203 Å². The molecule has 0 saturated heterocycles. The summed E-state index contributed by atoms with van der Waals surface area (Å²) in [5.41, 5.74) is 8.91. The number of hydrazone groups is 1. The van der Waals surface area contributed by atoms with E-state index in [0.29, 0.717) is 5.58 Å². The largest absolute Gasteiger partial charge is 0.450 e. The van der Waals surface area contributed by atoms with E-state index in [1.54, 1.807) is 12.3 Å². The first-order valence-electron chi connectivity index (χ1n) is 9.87. The van der Waals surface area contributed by atoms with Crippen LogP contribution in [0.1, 0.15) is 48.0 Å². The molecule has 7 heteroatoms. The Morgan fingerprint density at radius 1 is 1.23 bits per heavy atom. The number of anilines is 1. The number of fused-ring (bicyclic) bond motifs is 2. The number of allylic oxidation sites excluding steroid dienone is 1. The zero-order valence-electron chi connectivity index (χ0n) is 18.0. The standard InChI is InChI=1S/C24H23BrIN3O2/c1-13-6-20-18(14(2)11-24(3,4)29(20)5)8-16(13)12-27-28-23(30)21-9-15-7-17(25)10-19(26)22(15)31-21/h6-12H,1-5H3,(H,28,30)/b27-12-. The van der Waals surface area contributed by atoms with Gasteiger partial charge in [0.25, 0.3) is 0 Å². The highest BCUT2D eigenvalue weighted by Gasteiger charge is 2.28. The molecule has 5 nitrogen and oxygen atoms in total. The van der Waals surface area contributed by atoms with Gasteiger partial charge in [-0.15, -0.1) is 0 Å². The predicted molar refractivity (Wildman–Crippen MR) is 139 cm³/mol. The molecule has 160 valence electrons. The second-order valence-corrected chi connectivity index (χ2v) is 10.5. The first kappa shape index (κ1) is 22.1. The number of rotatable bonds is 3. The van der Waals surface area contributed by atoms with E-state index in [9.17, 15) is 4.79 Å². The van der Waals surface area contributed by atoms with Crippen molar-refractivity contribution >= 4 is 72.9 Å². The van der Waals surface area contributed by atoms with Crippen molar-refractivity contribution in [2.24, 2.45) is 5.10 Å². The molecule has 0 radical (unpaired) electrons. The normalized spacial score (nSPS) is 15.3. The van der Waals surface area contributed by atoms with E-state index in [2.05, 4.69) is 107 Å². The van der Waals surface area contributed by atoms with Crippen molar-refractivity contribution in [1.82, 2.24) is 5.43 Å². The van der Waals surface area contributed by atoms with E-state index in [1.165, 1.54) is 16.8 Å². The first-order chi connectivity index (χ1) is 14.6. The Balaban J connectivity index is 1.57. The Bertz CT molecular complexity index is 1270. The second-order valence-electron chi connectivity index (χ2n) is 8.38. The zero-order valence-corrected chi connectivity index (χ0v) is 21.8. The van der Waals surface area contributed by atoms with Crippen LogP contribution in [0.15, 0.2) is 50.4 Å². The maximum Gasteiger partial charge on any atom is 0.307 e. The van der Waals surface area contributed by atoms with Gasteiger partial charge in [-0.3, -0.25) is 4.79 Å². The van der Waals surface area contributed by atoms with Crippen molar-refractivity contribution in [2.75, 3.05) is 11.9 Å². The average molecular weight is 592 g/mol. The van der Waals surface area contributed by atoms with Crippen LogP contribution in [-0.2, 0) is 0 Å². The molecule has 0 atom stereocenters. The molecule has 0 aliphatic carbocycles. The summed E-state index contributed by atoms with van der Waals surface area (Å²) in [6.07, 6.45) is 3.96. The molecule has 1 aliphatic heterocycles. The number of furan rings is 1. The third-order valence-corrected chi connectivity index (χ3v) is 6.99. The number of hydrogen-bond acceptors (Lipinski definition) is 4. The van der Waals surface area contributed by atoms with Gasteiger partial charge in [-0.2, -0.15) is 5.10 Å². The van der Waals surface area contributed by atoms with E-state index in [0.717, 1.165) is 24.6 Å². The van der Waals surface area contributed by atoms with Gasteiger partial charge in [0.1, 0.15) is 5.58 Å². The summed E-state index contributed by atoms with van der Waals surface area (Å²) in [6, 6.07) is 9.89. The maximum absolute atomic E-state index is 12.5. The van der Waals surface area contributed by atoms with Crippen LogP contribution >= 0.6 is 38.5 Å². The number of nitrogens with one attached hydrogen (secondary N) is 1. The third-order valence-electron chi connectivity index (χ3n) is 5.73. The number of carbonyl (C=O) groups excluding carboxylic acids is 1. The fourth-order valence-electron chi connectivity index (χ4n) is 3.86. The molecule has 2 aromatic carbocycles. The van der Waals surface area contributed by atoms with Gasteiger partial charge in [-0.1, -0.05) is 22.0 Å². The average Bonchev–Trinajstić information content (AvgIpc) is 3.11. The van der Waals surface area contributed by atoms with E-state index >= 15 is 0 Å². The van der Waals surface area contributed by atoms with Crippen LogP contribution in [0, 0.1) is 10.5 Å². The van der Waals surface area contributed by atoms with E-state index in [-0.39, 0.29) is 17.2 Å². The first-order valence-corrected chi connectivity index (χ1v) is 11.7. The summed E-state index contributed by atoms with van der Waals surface area (Å²) in [4.78, 5) is 14.8. The molecule has 0 bridgehead atoms. The third kappa shape index (κ3) is 4.17. The van der Waals surface area contributed by atoms with Gasteiger partial charge >= 0.3 is 5.91 Å². The molecule has 0 spiro atoms. The highest BCUT2D eigenvalue weighted by atomic mass is 127. The Hall–Kier alpha value is -2.13. The molecular weight excluding hydrogens is 569 g/mol. The van der Waals surface area contributed by atoms with Crippen molar-refractivity contribution in [1.29, 1.82) is 0 Å². The van der Waals surface area contributed by atoms with Crippen LogP contribution in [0.2, 0.25) is 0 Å². The van der Waals surface area contributed by atoms with Crippen LogP contribution < -0.4 is 10.3 Å². The molecule has 0 fully saturated rings. The fourth-order valence-corrected chi connectivity index (χ4v) is 5.52. The topological polar surface area (TPSA) is 57.8 Å². The highest BCUT2D eigenvalue weighted by molar-refractivity contribution is 14.1. The van der Waals surface area contributed by atoms with Crippen molar-refractivity contribution in [3.8, 4) is 0 Å². The van der Waals surface area contributed by atoms with Gasteiger partial charge in [0.05, 0.1) is 15.3 Å². The van der Waals surface area contributed by atoms with Crippen LogP contribution in [0.5, 0.6) is 0 Å². The number of carbonyl (C=O) groups is 1. The van der Waals surface area contributed by atoms with Gasteiger partial charge in [-0.05, 0) is 97.3 Å². The summed E-state index contributed by atoms with van der Waals surface area (Å²) in [5.74, 6) is -0.152. The van der Waals surface area contributed by atoms with Crippen LogP contribution in [0.3, 0.4) is 0 Å². The van der Waals surface area contributed by atoms with Crippen LogP contribution in [0.25, 0.3) is 16.5 Å². The second kappa shape index (κ2) is 8.09. The number of halogens is 2. The number of aryl methyl sites for hydroxylation is 1. The smallest absolute Gasteiger partial charge is 0.307 e. The molecular formula is C24H23BrIN3O2. The molecule has 0 saturated carbocycles. The lowest BCUT2D eigenvalue weighted by molar-refractivity contribution is 0.0929. The monoisotopic (exact) mass is 591 g/mol. The van der Waals surface area contributed by atoms with E-state index in [1.807, 2.05) is 12.1 Å². The molecule has 1 aliphatic rings. The zero-order chi connectivity index (χ0) is 22.5. The molecule has 1 N–H and O–H groups in total. The lowest BCUT2D eigenvalue weighted by atomic mass is 9.87. The number of hydrogen-bond donors (Lipinski definition) is 1. The van der Waals surface area contributed by atoms with Crippen molar-refractivity contribution < 1.29 is 9.21 Å². The number of amides is 1. The van der Waals surface area contributed by atoms with Gasteiger partial charge in [-0.25, -0.2) is 5.43 Å². The lowest BCUT2D eigenvalue weighted by Gasteiger charge is -2.41. The Morgan fingerprint density at radius 3 is 2.71 bits per heavy atom. The maximum atomic E-state index is 12.5. The SMILES string of the molecule is CC1=CC(C)(C)N(C)c2cc(C)c(/C=N\NC(=O)c3cc4cc(Br)cc(I)c4o3)cc21. The van der Waals surface area contributed by atoms with Gasteiger partial charge in [0.2, 0.25) is 0 Å². The molecule has 4 rings (SSSR count). The molecule has 1 amide bonds. The van der Waals surface area contributed by atoms with Crippen LogP contribution in [0.4, 0.5) is 5.69 Å². The Morgan fingerprint density at radius 2 is 1.97 bits per heavy atom. The molecule has 1 aromatic heterocycles. The summed E-state index contributed by atoms with van der Waals surface area (Å²) < 4.78 is 7.61. The minimum Gasteiger partial charge on any atom is -0.450 e. The van der Waals surface area contributed by atoms with Gasteiger partial charge in [0.15, 0.2) is 5.76 Å². The summed E-state index contributed by atoms with van der Waals surface area (Å²) >= 11 is 5.66. The fraction of sp³-hybridized carbons (Fsp3) is 0.250. The Kier molecular flexibility index (Phi) is 5.76. The molecule has 31 heavy (non-hydrogen) atoms. The summed E-state index contributed by atoms with van der Waals surface area (Å²) in [5, 5.41) is 5.05. The molecule has 2 heterocycles. The molecule has 0 unspecified atom stereocenters. The molecule has 3 aromatic rings. The highest BCUT2D eigenvalue weighted by Crippen LogP contribution is 2.39. The number of likely N-dealkylation sites (N-methyl/N-ethyl adjacent to an activating group) is 1. The minimum atomic E-state index is -0.382. The van der Waals surface area contributed by atoms with Crippen molar-refractivity contribution in [3.05, 3.63) is 66.9 Å². The van der Waals surface area contributed by atoms with Crippen molar-refractivity contribution in [3.63, 3.8) is 0 Å². The van der Waals surface area contributed by atoms with E-state index < -0.39 is 0 Å². The number of nitrogens with zero attached hydrogens (tertiary/aromatic N) is 2. The lowest BCUT2D eigenvalue weighted by Crippen LogP contribution is -2.42. The minimum absolute atomic E-state index is 0.0346. The number of benzene rings is 2. The predicted octanol–water partition coefficient (Wildman–Crippen LogP) is 6.50. The van der Waals surface area contributed by atoms with Crippen LogP contribution in [-0.4, -0.2) is 24.7 Å². The summed E-state index contributed by atoms with van der Waals surface area (Å²) in [6.45, 7) is 8.60. The van der Waals surface area contributed by atoms with Gasteiger partial charge < -0.3 is 9.32 Å². The van der Waals surface area contributed by atoms with E-state index in [4.69, 9.17) is 4.42 Å². The van der Waals surface area contributed by atoms with Crippen molar-refractivity contribution in [2.45, 2.75) is 33.2 Å². The van der Waals surface area contributed by atoms with Gasteiger partial charge in [0, 0.05) is 28.2 Å². The summed E-state index contributed by atoms with van der Waals surface area (Å²) in [7, 11) is 2.11. The quantitative estimate of drug-likeness (QED) is 0.215.